The van der Waals surface area contributed by atoms with Gasteiger partial charge in [0.1, 0.15) is 0 Å². The van der Waals surface area contributed by atoms with Gasteiger partial charge < -0.3 is 20.0 Å². The zero-order valence-corrected chi connectivity index (χ0v) is 18.5. The number of carbonyl (C=O) groups is 1. The van der Waals surface area contributed by atoms with Crippen molar-refractivity contribution in [3.05, 3.63) is 53.5 Å². The molecule has 0 bridgehead atoms. The number of anilines is 1. The van der Waals surface area contributed by atoms with Gasteiger partial charge in [-0.1, -0.05) is 18.2 Å². The van der Waals surface area contributed by atoms with E-state index in [0.29, 0.717) is 30.8 Å². The summed E-state index contributed by atoms with van der Waals surface area (Å²) in [5, 5.41) is 6.47. The molecule has 2 N–H and O–H groups in total. The summed E-state index contributed by atoms with van der Waals surface area (Å²) in [5.74, 6) is 1.02. The standard InChI is InChI=1S/C22H29N3O2.2ClH/c1-16-13-18-6-2-3-7-20(18)25(16)15-19-9-12-27-21(19)22(26)24-11-8-17-5-4-10-23-14-17;;/h2-3,6-7,9,12,16-17,23H,4-5,8,10-11,13-15H2,1H3,(H,24,26);2*1H. The normalized spacial score (nSPS) is 20.4. The topological polar surface area (TPSA) is 57.5 Å². The summed E-state index contributed by atoms with van der Waals surface area (Å²) in [6, 6.07) is 10.9. The SMILES string of the molecule is CC1Cc2ccccc2N1Cc1ccoc1C(=O)NCCC1CCCNC1.Cl.Cl. The van der Waals surface area contributed by atoms with E-state index in [0.717, 1.165) is 31.5 Å². The van der Waals surface area contributed by atoms with Crippen molar-refractivity contribution in [2.24, 2.45) is 5.92 Å². The van der Waals surface area contributed by atoms with Crippen LogP contribution in [0.1, 0.15) is 47.9 Å². The highest BCUT2D eigenvalue weighted by molar-refractivity contribution is 5.93. The predicted molar refractivity (Wildman–Crippen MR) is 122 cm³/mol. The van der Waals surface area contributed by atoms with Crippen molar-refractivity contribution < 1.29 is 9.21 Å². The summed E-state index contributed by atoms with van der Waals surface area (Å²) in [6.07, 6.45) is 6.18. The lowest BCUT2D eigenvalue weighted by Crippen LogP contribution is -2.33. The Morgan fingerprint density at radius 2 is 2.10 bits per heavy atom. The third kappa shape index (κ3) is 5.47. The monoisotopic (exact) mass is 439 g/mol. The summed E-state index contributed by atoms with van der Waals surface area (Å²) >= 11 is 0. The largest absolute Gasteiger partial charge is 0.459 e. The molecule has 0 saturated carbocycles. The van der Waals surface area contributed by atoms with Crippen LogP contribution >= 0.6 is 24.8 Å². The maximum atomic E-state index is 12.6. The fourth-order valence-corrected chi connectivity index (χ4v) is 4.35. The molecule has 1 aromatic heterocycles. The van der Waals surface area contributed by atoms with E-state index in [9.17, 15) is 4.79 Å². The molecule has 2 aromatic rings. The minimum Gasteiger partial charge on any atom is -0.459 e. The van der Waals surface area contributed by atoms with Gasteiger partial charge in [-0.25, -0.2) is 0 Å². The van der Waals surface area contributed by atoms with E-state index in [1.807, 2.05) is 6.07 Å². The number of hydrogen-bond donors (Lipinski definition) is 2. The quantitative estimate of drug-likeness (QED) is 0.707. The van der Waals surface area contributed by atoms with Gasteiger partial charge in [-0.3, -0.25) is 4.79 Å². The maximum absolute atomic E-state index is 12.6. The number of fused-ring (bicyclic) bond motifs is 1. The lowest BCUT2D eigenvalue weighted by Gasteiger charge is -2.25. The van der Waals surface area contributed by atoms with Gasteiger partial charge in [-0.2, -0.15) is 0 Å². The van der Waals surface area contributed by atoms with Crippen molar-refractivity contribution in [1.29, 1.82) is 0 Å². The van der Waals surface area contributed by atoms with Crippen LogP contribution in [0.25, 0.3) is 0 Å². The Morgan fingerprint density at radius 1 is 1.28 bits per heavy atom. The van der Waals surface area contributed by atoms with Gasteiger partial charge in [0.25, 0.3) is 5.91 Å². The molecule has 7 heteroatoms. The fourth-order valence-electron chi connectivity index (χ4n) is 4.35. The summed E-state index contributed by atoms with van der Waals surface area (Å²) in [7, 11) is 0. The van der Waals surface area contributed by atoms with Crippen LogP contribution in [0.2, 0.25) is 0 Å². The minimum atomic E-state index is -0.0982. The van der Waals surface area contributed by atoms with Crippen molar-refractivity contribution in [2.75, 3.05) is 24.5 Å². The smallest absolute Gasteiger partial charge is 0.287 e. The van der Waals surface area contributed by atoms with Crippen LogP contribution in [0.4, 0.5) is 5.69 Å². The first-order valence-corrected chi connectivity index (χ1v) is 10.1. The molecular formula is C22H31Cl2N3O2. The average molecular weight is 440 g/mol. The van der Waals surface area contributed by atoms with E-state index in [1.165, 1.54) is 24.1 Å². The molecule has 1 aromatic carbocycles. The zero-order valence-electron chi connectivity index (χ0n) is 16.9. The molecule has 4 rings (SSSR count). The molecule has 2 aliphatic heterocycles. The molecule has 1 fully saturated rings. The van der Waals surface area contributed by atoms with Crippen molar-refractivity contribution >= 4 is 36.4 Å². The maximum Gasteiger partial charge on any atom is 0.287 e. The Kier molecular flexibility index (Phi) is 8.87. The highest BCUT2D eigenvalue weighted by Gasteiger charge is 2.27. The van der Waals surface area contributed by atoms with Crippen molar-refractivity contribution in [3.8, 4) is 0 Å². The molecule has 29 heavy (non-hydrogen) atoms. The summed E-state index contributed by atoms with van der Waals surface area (Å²) < 4.78 is 5.55. The number of carbonyl (C=O) groups excluding carboxylic acids is 1. The highest BCUT2D eigenvalue weighted by atomic mass is 35.5. The Bertz CT molecular complexity index is 790. The van der Waals surface area contributed by atoms with E-state index >= 15 is 0 Å². The van der Waals surface area contributed by atoms with Gasteiger partial charge in [0.15, 0.2) is 5.76 Å². The number of nitrogens with zero attached hydrogens (tertiary/aromatic N) is 1. The van der Waals surface area contributed by atoms with Gasteiger partial charge in [0, 0.05) is 30.4 Å². The van der Waals surface area contributed by atoms with Gasteiger partial charge in [0.2, 0.25) is 0 Å². The number of nitrogens with one attached hydrogen (secondary N) is 2. The Hall–Kier alpha value is -1.69. The van der Waals surface area contributed by atoms with Gasteiger partial charge in [-0.15, -0.1) is 24.8 Å². The first-order chi connectivity index (χ1) is 13.2. The number of hydrogen-bond acceptors (Lipinski definition) is 4. The van der Waals surface area contributed by atoms with Crippen LogP contribution in [0.3, 0.4) is 0 Å². The van der Waals surface area contributed by atoms with Gasteiger partial charge >= 0.3 is 0 Å². The molecule has 0 spiro atoms. The molecule has 1 saturated heterocycles. The molecule has 160 valence electrons. The first kappa shape index (κ1) is 23.6. The lowest BCUT2D eigenvalue weighted by molar-refractivity contribution is 0.0921. The third-order valence-corrected chi connectivity index (χ3v) is 5.88. The second-order valence-electron chi connectivity index (χ2n) is 7.84. The van der Waals surface area contributed by atoms with Gasteiger partial charge in [0.05, 0.1) is 6.26 Å². The number of furan rings is 1. The van der Waals surface area contributed by atoms with Crippen LogP contribution in [-0.4, -0.2) is 31.6 Å². The fraction of sp³-hybridized carbons (Fsp3) is 0.500. The Morgan fingerprint density at radius 3 is 2.90 bits per heavy atom. The molecule has 0 aliphatic carbocycles. The predicted octanol–water partition coefficient (Wildman–Crippen LogP) is 4.19. The van der Waals surface area contributed by atoms with Crippen LogP contribution in [-0.2, 0) is 13.0 Å². The second-order valence-corrected chi connectivity index (χ2v) is 7.84. The van der Waals surface area contributed by atoms with E-state index in [2.05, 4.69) is 46.7 Å². The molecule has 5 nitrogen and oxygen atoms in total. The number of piperidine rings is 1. The number of para-hydroxylation sites is 1. The van der Waals surface area contributed by atoms with E-state index in [4.69, 9.17) is 4.42 Å². The summed E-state index contributed by atoms with van der Waals surface area (Å²) in [6.45, 7) is 5.82. The molecule has 2 unspecified atom stereocenters. The van der Waals surface area contributed by atoms with Crippen LogP contribution < -0.4 is 15.5 Å². The number of benzene rings is 1. The highest BCUT2D eigenvalue weighted by Crippen LogP contribution is 2.33. The Balaban J connectivity index is 0.00000150. The van der Waals surface area contributed by atoms with Crippen molar-refractivity contribution in [2.45, 2.75) is 45.2 Å². The van der Waals surface area contributed by atoms with Crippen LogP contribution in [0, 0.1) is 5.92 Å². The number of amides is 1. The lowest BCUT2D eigenvalue weighted by atomic mass is 9.96. The van der Waals surface area contributed by atoms with E-state index < -0.39 is 0 Å². The summed E-state index contributed by atoms with van der Waals surface area (Å²) in [4.78, 5) is 15.0. The Labute approximate surface area is 185 Å². The van der Waals surface area contributed by atoms with Crippen molar-refractivity contribution in [1.82, 2.24) is 10.6 Å². The molecule has 2 aliphatic rings. The zero-order chi connectivity index (χ0) is 18.6. The van der Waals surface area contributed by atoms with Crippen LogP contribution in [0.15, 0.2) is 41.0 Å². The third-order valence-electron chi connectivity index (χ3n) is 5.88. The van der Waals surface area contributed by atoms with Crippen LogP contribution in [0.5, 0.6) is 0 Å². The van der Waals surface area contributed by atoms with Crippen molar-refractivity contribution in [3.63, 3.8) is 0 Å². The molecule has 1 amide bonds. The van der Waals surface area contributed by atoms with E-state index in [-0.39, 0.29) is 30.7 Å². The summed E-state index contributed by atoms with van der Waals surface area (Å²) in [5.41, 5.74) is 3.60. The number of halogens is 2. The molecular weight excluding hydrogens is 409 g/mol. The number of rotatable bonds is 6. The minimum absolute atomic E-state index is 0. The molecule has 3 heterocycles. The molecule has 2 atom stereocenters. The first-order valence-electron chi connectivity index (χ1n) is 10.1. The van der Waals surface area contributed by atoms with Gasteiger partial charge in [-0.05, 0) is 69.3 Å². The van der Waals surface area contributed by atoms with E-state index in [1.54, 1.807) is 6.26 Å². The second kappa shape index (κ2) is 10.9. The molecule has 0 radical (unpaired) electrons. The average Bonchev–Trinajstić information content (AvgIpc) is 3.28.